The average molecular weight is 724 g/mol. The van der Waals surface area contributed by atoms with E-state index >= 15 is 4.79 Å². The number of nitrogens with zero attached hydrogens (tertiary/aromatic N) is 5. The number of aromatic nitrogens is 3. The second-order valence-electron chi connectivity index (χ2n) is 14.5. The first-order chi connectivity index (χ1) is 25.0. The fourth-order valence-electron chi connectivity index (χ4n) is 8.56. The predicted octanol–water partition coefficient (Wildman–Crippen LogP) is 4.30. The quantitative estimate of drug-likeness (QED) is 0.129. The topological polar surface area (TPSA) is 136 Å². The molecule has 1 spiro atoms. The second kappa shape index (κ2) is 13.9. The average Bonchev–Trinajstić information content (AvgIpc) is 3.77. The molecule has 5 atom stereocenters. The van der Waals surface area contributed by atoms with Gasteiger partial charge >= 0.3 is 5.97 Å². The van der Waals surface area contributed by atoms with Crippen molar-refractivity contribution < 1.29 is 33.7 Å². The molecule has 3 aromatic carbocycles. The molecule has 2 saturated heterocycles. The number of fused-ring (bicyclic) bond motifs is 2. The molecular formula is C39H45N5O7Si. The minimum absolute atomic E-state index is 0.00498. The number of aryl methyl sites for hydroxylation is 1. The van der Waals surface area contributed by atoms with Crippen LogP contribution in [0.1, 0.15) is 43.5 Å². The maximum absolute atomic E-state index is 15.1. The van der Waals surface area contributed by atoms with Gasteiger partial charge in [0.25, 0.3) is 5.91 Å². The van der Waals surface area contributed by atoms with Crippen LogP contribution in [0.2, 0.25) is 18.6 Å². The maximum atomic E-state index is 15.1. The number of benzene rings is 3. The number of methoxy groups -OCH3 is 1. The zero-order chi connectivity index (χ0) is 36.8. The van der Waals surface area contributed by atoms with Gasteiger partial charge in [-0.1, -0.05) is 72.9 Å². The summed E-state index contributed by atoms with van der Waals surface area (Å²) in [5, 5.41) is 19.2. The number of hydrogen-bond donors (Lipinski definition) is 1. The molecule has 1 N–H and O–H groups in total. The Hall–Kier alpha value is -4.85. The molecule has 1 unspecified atom stereocenters. The Bertz CT molecular complexity index is 1970. The van der Waals surface area contributed by atoms with Crippen molar-refractivity contribution >= 4 is 42.4 Å². The Kier molecular flexibility index (Phi) is 9.53. The molecule has 7 rings (SSSR count). The van der Waals surface area contributed by atoms with Crippen LogP contribution >= 0.6 is 0 Å². The number of carbonyl (C=O) groups is 3. The van der Waals surface area contributed by atoms with Crippen molar-refractivity contribution in [2.75, 3.05) is 23.5 Å². The van der Waals surface area contributed by atoms with E-state index in [0.717, 1.165) is 28.3 Å². The molecule has 2 amide bonds. The molecule has 4 aromatic rings. The van der Waals surface area contributed by atoms with Gasteiger partial charge in [-0.25, -0.2) is 0 Å². The van der Waals surface area contributed by atoms with Crippen molar-refractivity contribution in [2.24, 2.45) is 5.92 Å². The van der Waals surface area contributed by atoms with Crippen LogP contribution in [0.5, 0.6) is 5.75 Å². The lowest BCUT2D eigenvalue weighted by Crippen LogP contribution is -2.54. The Morgan fingerprint density at radius 3 is 2.46 bits per heavy atom. The number of rotatable bonds is 12. The standard InChI is InChI=1S/C39H45N5O7Si/c1-25-37(52(4,5)31-16-14-30(49-3)15-17-31)34(18-20-42-24-28(19-21-45)40-41-42)51-39(25)32-8-6-7-9-33(32)43(38(39)48)23-27-10-12-29(13-11-27)44-35(47)22-36(44)50-26(2)46/h6-17,24-25,34,36-37,45H,18-23H2,1-5H3/t25-,34+,36?,37-,39+/m1/s1. The summed E-state index contributed by atoms with van der Waals surface area (Å²) < 4.78 is 19.8. The lowest BCUT2D eigenvalue weighted by atomic mass is 9.82. The van der Waals surface area contributed by atoms with Crippen LogP contribution in [0.3, 0.4) is 0 Å². The predicted molar refractivity (Wildman–Crippen MR) is 197 cm³/mol. The molecule has 0 radical (unpaired) electrons. The Labute approximate surface area is 304 Å². The molecule has 3 aliphatic rings. The summed E-state index contributed by atoms with van der Waals surface area (Å²) in [6.07, 6.45) is 2.23. The zero-order valence-corrected chi connectivity index (χ0v) is 31.2. The monoisotopic (exact) mass is 723 g/mol. The van der Waals surface area contributed by atoms with Gasteiger partial charge in [-0.2, -0.15) is 0 Å². The van der Waals surface area contributed by atoms with Gasteiger partial charge in [0.2, 0.25) is 5.91 Å². The van der Waals surface area contributed by atoms with Crippen molar-refractivity contribution in [1.29, 1.82) is 0 Å². The van der Waals surface area contributed by atoms with E-state index in [1.807, 2.05) is 71.8 Å². The fourth-order valence-corrected chi connectivity index (χ4v) is 12.6. The van der Waals surface area contributed by atoms with Crippen molar-refractivity contribution in [3.8, 4) is 5.75 Å². The number of anilines is 2. The number of β-lactam (4-membered cyclic amide) rings is 1. The molecule has 0 aliphatic carbocycles. The molecule has 0 bridgehead atoms. The van der Waals surface area contributed by atoms with E-state index in [-0.39, 0.29) is 42.4 Å². The first kappa shape index (κ1) is 35.5. The first-order valence-corrected chi connectivity index (χ1v) is 20.9. The summed E-state index contributed by atoms with van der Waals surface area (Å²) in [4.78, 5) is 42.3. The maximum Gasteiger partial charge on any atom is 0.304 e. The van der Waals surface area contributed by atoms with Gasteiger partial charge in [-0.05, 0) is 47.9 Å². The molecule has 2 fully saturated rings. The summed E-state index contributed by atoms with van der Waals surface area (Å²) in [5.41, 5.74) is 2.83. The van der Waals surface area contributed by atoms with E-state index in [1.165, 1.54) is 17.0 Å². The molecule has 0 saturated carbocycles. The van der Waals surface area contributed by atoms with E-state index in [1.54, 1.807) is 11.8 Å². The van der Waals surface area contributed by atoms with Gasteiger partial charge < -0.3 is 24.2 Å². The number of para-hydroxylation sites is 1. The number of hydrogen-bond acceptors (Lipinski definition) is 9. The summed E-state index contributed by atoms with van der Waals surface area (Å²) in [7, 11) is -0.660. The second-order valence-corrected chi connectivity index (χ2v) is 19.2. The highest BCUT2D eigenvalue weighted by Crippen LogP contribution is 2.60. The highest BCUT2D eigenvalue weighted by molar-refractivity contribution is 6.91. The van der Waals surface area contributed by atoms with Crippen molar-refractivity contribution in [3.63, 3.8) is 0 Å². The van der Waals surface area contributed by atoms with Gasteiger partial charge in [0, 0.05) is 49.9 Å². The van der Waals surface area contributed by atoms with Gasteiger partial charge in [-0.3, -0.25) is 24.0 Å². The highest BCUT2D eigenvalue weighted by Gasteiger charge is 2.66. The molecule has 4 heterocycles. The molecular weight excluding hydrogens is 679 g/mol. The highest BCUT2D eigenvalue weighted by atomic mass is 28.3. The number of carbonyl (C=O) groups excluding carboxylic acids is 3. The normalized spacial score (nSPS) is 24.0. The van der Waals surface area contributed by atoms with Crippen LogP contribution < -0.4 is 19.7 Å². The third kappa shape index (κ3) is 6.10. The fraction of sp³-hybridized carbons (Fsp3) is 0.410. The first-order valence-electron chi connectivity index (χ1n) is 17.8. The van der Waals surface area contributed by atoms with Gasteiger partial charge in [0.05, 0.1) is 45.6 Å². The van der Waals surface area contributed by atoms with Crippen molar-refractivity contribution in [3.05, 3.63) is 95.8 Å². The van der Waals surface area contributed by atoms with Crippen molar-refractivity contribution in [1.82, 2.24) is 15.0 Å². The summed E-state index contributed by atoms with van der Waals surface area (Å²) in [6, 6.07) is 23.7. The van der Waals surface area contributed by atoms with Crippen LogP contribution in [0.15, 0.2) is 79.0 Å². The lowest BCUT2D eigenvalue weighted by Gasteiger charge is -2.39. The van der Waals surface area contributed by atoms with Gasteiger partial charge in [0.1, 0.15) is 5.75 Å². The summed E-state index contributed by atoms with van der Waals surface area (Å²) in [6.45, 7) is 9.10. The van der Waals surface area contributed by atoms with Crippen LogP contribution in [-0.4, -0.2) is 72.0 Å². The third-order valence-electron chi connectivity index (χ3n) is 11.1. The summed E-state index contributed by atoms with van der Waals surface area (Å²) >= 11 is 0. The van der Waals surface area contributed by atoms with Gasteiger partial charge in [-0.15, -0.1) is 5.10 Å². The lowest BCUT2D eigenvalue weighted by molar-refractivity contribution is -0.154. The minimum Gasteiger partial charge on any atom is -0.497 e. The third-order valence-corrected chi connectivity index (χ3v) is 15.5. The van der Waals surface area contributed by atoms with Gasteiger partial charge in [0.15, 0.2) is 11.8 Å². The number of esters is 1. The number of aliphatic hydroxyl groups excluding tert-OH is 1. The molecule has 272 valence electrons. The molecule has 52 heavy (non-hydrogen) atoms. The number of aliphatic hydroxyl groups is 1. The van der Waals surface area contributed by atoms with Crippen LogP contribution in [0, 0.1) is 5.92 Å². The van der Waals surface area contributed by atoms with E-state index in [2.05, 4.69) is 42.5 Å². The Morgan fingerprint density at radius 1 is 1.06 bits per heavy atom. The van der Waals surface area contributed by atoms with E-state index in [4.69, 9.17) is 14.2 Å². The number of amides is 2. The van der Waals surface area contributed by atoms with Crippen LogP contribution in [0.25, 0.3) is 0 Å². The SMILES string of the molecule is COc1ccc([Si](C)(C)[C@H]2[C@H](CCn3cc(CCO)nn3)O[C@@]3(C(=O)N(Cc4ccc(N5C(=O)CC5OC(C)=O)cc4)c4ccccc43)[C@@H]2C)cc1. The summed E-state index contributed by atoms with van der Waals surface area (Å²) in [5.74, 6) is 0.00511. The molecule has 12 nitrogen and oxygen atoms in total. The Balaban J connectivity index is 1.20. The van der Waals surface area contributed by atoms with E-state index in [0.29, 0.717) is 31.6 Å². The minimum atomic E-state index is -2.32. The largest absolute Gasteiger partial charge is 0.497 e. The van der Waals surface area contributed by atoms with Crippen molar-refractivity contribution in [2.45, 2.75) is 82.8 Å². The Morgan fingerprint density at radius 2 is 1.79 bits per heavy atom. The van der Waals surface area contributed by atoms with Crippen LogP contribution in [0.4, 0.5) is 11.4 Å². The molecule has 3 aliphatic heterocycles. The zero-order valence-electron chi connectivity index (χ0n) is 30.2. The molecule has 1 aromatic heterocycles. The molecule has 13 heteroatoms. The van der Waals surface area contributed by atoms with Crippen LogP contribution in [-0.2, 0) is 49.0 Å². The van der Waals surface area contributed by atoms with E-state index in [9.17, 15) is 14.7 Å². The number of ether oxygens (including phenoxy) is 3. The van der Waals surface area contributed by atoms with E-state index < -0.39 is 25.9 Å². The smallest absolute Gasteiger partial charge is 0.304 e.